The van der Waals surface area contributed by atoms with Crippen molar-refractivity contribution in [1.82, 2.24) is 0 Å². The summed E-state index contributed by atoms with van der Waals surface area (Å²) in [6.07, 6.45) is 19.3. The number of hydrogen-bond acceptors (Lipinski definition) is 4. The summed E-state index contributed by atoms with van der Waals surface area (Å²) in [6.45, 7) is 6.93. The first-order valence-electron chi connectivity index (χ1n) is 12.5. The summed E-state index contributed by atoms with van der Waals surface area (Å²) in [5.74, 6) is -0.275. The van der Waals surface area contributed by atoms with Gasteiger partial charge in [-0.05, 0) is 32.1 Å². The van der Waals surface area contributed by atoms with Gasteiger partial charge in [-0.25, -0.2) is 0 Å². The van der Waals surface area contributed by atoms with Crippen molar-refractivity contribution >= 4 is 11.9 Å². The maximum Gasteiger partial charge on any atom is 0.306 e. The molecule has 0 radical (unpaired) electrons. The zero-order valence-electron chi connectivity index (χ0n) is 19.6. The Labute approximate surface area is 180 Å². The highest BCUT2D eigenvalue weighted by molar-refractivity contribution is 5.70. The number of hydrogen-bond donors (Lipinski definition) is 0. The molecule has 0 aliphatic carbocycles. The first-order chi connectivity index (χ1) is 14.1. The third-order valence-corrected chi connectivity index (χ3v) is 5.39. The van der Waals surface area contributed by atoms with Crippen LogP contribution in [0.25, 0.3) is 0 Å². The summed E-state index contributed by atoms with van der Waals surface area (Å²) in [4.78, 5) is 23.5. The van der Waals surface area contributed by atoms with E-state index in [1.165, 1.54) is 57.8 Å². The molecule has 0 amide bonds. The number of carbonyl (C=O) groups excluding carboxylic acids is 2. The molecule has 0 aliphatic rings. The summed E-state index contributed by atoms with van der Waals surface area (Å²) in [6, 6.07) is 0. The molecule has 0 aromatic carbocycles. The van der Waals surface area contributed by atoms with E-state index in [1.54, 1.807) is 0 Å². The molecular weight excluding hydrogens is 364 g/mol. The highest BCUT2D eigenvalue weighted by Gasteiger charge is 2.11. The second kappa shape index (κ2) is 21.6. The monoisotopic (exact) mass is 412 g/mol. The van der Waals surface area contributed by atoms with Crippen molar-refractivity contribution in [3.8, 4) is 0 Å². The standard InChI is InChI=1S/C25H48O4/c1-4-7-8-9-10-11-12-13-14-15-18-22-28-24(26)20-16-17-21-25(27)29-23(6-3)19-5-2/h23H,4-22H2,1-3H3. The molecule has 1 atom stereocenters. The second-order valence-corrected chi connectivity index (χ2v) is 8.27. The molecule has 0 saturated carbocycles. The van der Waals surface area contributed by atoms with E-state index in [9.17, 15) is 9.59 Å². The molecule has 0 rings (SSSR count). The molecule has 0 bridgehead atoms. The average molecular weight is 413 g/mol. The van der Waals surface area contributed by atoms with Crippen LogP contribution >= 0.6 is 0 Å². The van der Waals surface area contributed by atoms with E-state index in [0.717, 1.165) is 32.1 Å². The van der Waals surface area contributed by atoms with Gasteiger partial charge in [-0.2, -0.15) is 0 Å². The van der Waals surface area contributed by atoms with Gasteiger partial charge in [0.1, 0.15) is 6.10 Å². The fourth-order valence-electron chi connectivity index (χ4n) is 3.48. The molecule has 0 aromatic rings. The van der Waals surface area contributed by atoms with Crippen LogP contribution in [-0.2, 0) is 19.1 Å². The van der Waals surface area contributed by atoms with Crippen LogP contribution in [-0.4, -0.2) is 24.6 Å². The first kappa shape index (κ1) is 27.9. The number of ether oxygens (including phenoxy) is 2. The number of esters is 2. The highest BCUT2D eigenvalue weighted by atomic mass is 16.5. The highest BCUT2D eigenvalue weighted by Crippen LogP contribution is 2.12. The predicted octanol–water partition coefficient (Wildman–Crippen LogP) is 7.52. The molecular formula is C25H48O4. The Morgan fingerprint density at radius 3 is 1.66 bits per heavy atom. The Morgan fingerprint density at radius 1 is 0.621 bits per heavy atom. The summed E-state index contributed by atoms with van der Waals surface area (Å²) in [5.41, 5.74) is 0. The van der Waals surface area contributed by atoms with Crippen LogP contribution in [0.5, 0.6) is 0 Å². The average Bonchev–Trinajstić information content (AvgIpc) is 2.71. The lowest BCUT2D eigenvalue weighted by Gasteiger charge is -2.15. The molecule has 0 spiro atoms. The summed E-state index contributed by atoms with van der Waals surface area (Å²) < 4.78 is 10.7. The van der Waals surface area contributed by atoms with Crippen LogP contribution in [0.1, 0.15) is 136 Å². The molecule has 0 fully saturated rings. The molecule has 4 nitrogen and oxygen atoms in total. The van der Waals surface area contributed by atoms with Crippen molar-refractivity contribution in [2.24, 2.45) is 0 Å². The van der Waals surface area contributed by atoms with E-state index < -0.39 is 0 Å². The van der Waals surface area contributed by atoms with Gasteiger partial charge in [-0.15, -0.1) is 0 Å². The molecule has 4 heteroatoms. The van der Waals surface area contributed by atoms with Crippen LogP contribution in [0.3, 0.4) is 0 Å². The molecule has 0 aliphatic heterocycles. The van der Waals surface area contributed by atoms with E-state index in [2.05, 4.69) is 13.8 Å². The summed E-state index contributed by atoms with van der Waals surface area (Å²) >= 11 is 0. The van der Waals surface area contributed by atoms with Crippen LogP contribution in [0.4, 0.5) is 0 Å². The minimum atomic E-state index is -0.139. The molecule has 29 heavy (non-hydrogen) atoms. The lowest BCUT2D eigenvalue weighted by molar-refractivity contribution is -0.150. The maximum absolute atomic E-state index is 11.8. The Balaban J connectivity index is 3.39. The van der Waals surface area contributed by atoms with Gasteiger partial charge < -0.3 is 9.47 Å². The van der Waals surface area contributed by atoms with Crippen LogP contribution in [0.15, 0.2) is 0 Å². The van der Waals surface area contributed by atoms with Crippen molar-refractivity contribution in [3.63, 3.8) is 0 Å². The predicted molar refractivity (Wildman–Crippen MR) is 121 cm³/mol. The van der Waals surface area contributed by atoms with Gasteiger partial charge in [0, 0.05) is 12.8 Å². The quantitative estimate of drug-likeness (QED) is 0.144. The van der Waals surface area contributed by atoms with E-state index in [-0.39, 0.29) is 18.0 Å². The summed E-state index contributed by atoms with van der Waals surface area (Å²) in [7, 11) is 0. The Hall–Kier alpha value is -1.06. The zero-order chi connectivity index (χ0) is 21.6. The van der Waals surface area contributed by atoms with Crippen LogP contribution < -0.4 is 0 Å². The van der Waals surface area contributed by atoms with Crippen molar-refractivity contribution in [1.29, 1.82) is 0 Å². The molecule has 1 unspecified atom stereocenters. The lowest BCUT2D eigenvalue weighted by Crippen LogP contribution is -2.17. The van der Waals surface area contributed by atoms with Gasteiger partial charge >= 0.3 is 11.9 Å². The third-order valence-electron chi connectivity index (χ3n) is 5.39. The fraction of sp³-hybridized carbons (Fsp3) is 0.920. The largest absolute Gasteiger partial charge is 0.466 e. The van der Waals surface area contributed by atoms with Crippen LogP contribution in [0.2, 0.25) is 0 Å². The zero-order valence-corrected chi connectivity index (χ0v) is 19.6. The normalized spacial score (nSPS) is 12.0. The van der Waals surface area contributed by atoms with Gasteiger partial charge in [-0.1, -0.05) is 91.4 Å². The fourth-order valence-corrected chi connectivity index (χ4v) is 3.48. The van der Waals surface area contributed by atoms with Crippen molar-refractivity contribution in [2.75, 3.05) is 6.61 Å². The molecule has 0 aromatic heterocycles. The van der Waals surface area contributed by atoms with E-state index in [0.29, 0.717) is 32.3 Å². The molecule has 0 N–H and O–H groups in total. The van der Waals surface area contributed by atoms with Gasteiger partial charge in [-0.3, -0.25) is 9.59 Å². The Bertz CT molecular complexity index is 381. The van der Waals surface area contributed by atoms with Gasteiger partial charge in [0.05, 0.1) is 6.61 Å². The number of rotatable bonds is 21. The summed E-state index contributed by atoms with van der Waals surface area (Å²) in [5, 5.41) is 0. The Morgan fingerprint density at radius 2 is 1.14 bits per heavy atom. The van der Waals surface area contributed by atoms with Crippen LogP contribution in [0, 0.1) is 0 Å². The minimum absolute atomic E-state index is 0.0447. The van der Waals surface area contributed by atoms with Gasteiger partial charge in [0.25, 0.3) is 0 Å². The molecule has 0 saturated heterocycles. The smallest absolute Gasteiger partial charge is 0.306 e. The van der Waals surface area contributed by atoms with E-state index >= 15 is 0 Å². The SMILES string of the molecule is CCCCCCCCCCCCCOC(=O)CCCCC(=O)OC(CC)CCC. The van der Waals surface area contributed by atoms with Crippen molar-refractivity contribution in [2.45, 2.75) is 142 Å². The molecule has 0 heterocycles. The molecule has 172 valence electrons. The third kappa shape index (κ3) is 20.0. The topological polar surface area (TPSA) is 52.6 Å². The van der Waals surface area contributed by atoms with E-state index in [1.807, 2.05) is 6.92 Å². The van der Waals surface area contributed by atoms with Gasteiger partial charge in [0.15, 0.2) is 0 Å². The first-order valence-corrected chi connectivity index (χ1v) is 12.5. The van der Waals surface area contributed by atoms with Crippen molar-refractivity contribution < 1.29 is 19.1 Å². The lowest BCUT2D eigenvalue weighted by atomic mass is 10.1. The maximum atomic E-state index is 11.8. The Kier molecular flexibility index (Phi) is 20.9. The number of carbonyl (C=O) groups is 2. The second-order valence-electron chi connectivity index (χ2n) is 8.27. The van der Waals surface area contributed by atoms with Gasteiger partial charge in [0.2, 0.25) is 0 Å². The number of unbranched alkanes of at least 4 members (excludes halogenated alkanes) is 11. The van der Waals surface area contributed by atoms with Crippen molar-refractivity contribution in [3.05, 3.63) is 0 Å². The minimum Gasteiger partial charge on any atom is -0.466 e. The van der Waals surface area contributed by atoms with E-state index in [4.69, 9.17) is 9.47 Å².